The van der Waals surface area contributed by atoms with Crippen LogP contribution in [0, 0.1) is 40.4 Å². The summed E-state index contributed by atoms with van der Waals surface area (Å²) in [7, 11) is 0. The van der Waals surface area contributed by atoms with Gasteiger partial charge >= 0.3 is 0 Å². The van der Waals surface area contributed by atoms with Gasteiger partial charge in [-0.2, -0.15) is 0 Å². The Hall–Kier alpha value is -0.440. The molecule has 0 aromatic rings. The fourth-order valence-electron chi connectivity index (χ4n) is 8.06. The number of hydrogen-bond donors (Lipinski definition) is 1. The maximum absolute atomic E-state index is 13.9. The summed E-state index contributed by atoms with van der Waals surface area (Å²) in [6.45, 7) is 10.7. The van der Waals surface area contributed by atoms with Crippen molar-refractivity contribution < 1.29 is 14.3 Å². The van der Waals surface area contributed by atoms with Crippen molar-refractivity contribution in [3.63, 3.8) is 0 Å². The van der Waals surface area contributed by atoms with E-state index in [0.29, 0.717) is 35.4 Å². The Morgan fingerprint density at radius 3 is 2.52 bits per heavy atom. The summed E-state index contributed by atoms with van der Waals surface area (Å²) >= 11 is 0. The first-order chi connectivity index (χ1) is 13.5. The number of halogens is 1. The van der Waals surface area contributed by atoms with Crippen LogP contribution < -0.4 is 0 Å². The van der Waals surface area contributed by atoms with E-state index in [1.54, 1.807) is 13.8 Å². The molecular formula is C26H45FO2. The number of aliphatic hydroxyl groups excluding tert-OH is 1. The first-order valence-corrected chi connectivity index (χ1v) is 12.4. The van der Waals surface area contributed by atoms with E-state index in [2.05, 4.69) is 20.8 Å². The van der Waals surface area contributed by atoms with E-state index < -0.39 is 5.67 Å². The highest BCUT2D eigenvalue weighted by Crippen LogP contribution is 2.65. The molecule has 0 aromatic heterocycles. The minimum Gasteiger partial charge on any atom is -0.396 e. The summed E-state index contributed by atoms with van der Waals surface area (Å²) in [4.78, 5) is 12.9. The third kappa shape index (κ3) is 4.46. The van der Waals surface area contributed by atoms with Gasteiger partial charge in [0.25, 0.3) is 0 Å². The zero-order valence-electron chi connectivity index (χ0n) is 19.6. The first kappa shape index (κ1) is 23.2. The normalized spacial score (nSPS) is 41.1. The van der Waals surface area contributed by atoms with E-state index in [-0.39, 0.29) is 12.0 Å². The van der Waals surface area contributed by atoms with Crippen LogP contribution >= 0.6 is 0 Å². The molecule has 168 valence electrons. The largest absolute Gasteiger partial charge is 0.396 e. The summed E-state index contributed by atoms with van der Waals surface area (Å²) in [5.74, 6) is 3.79. The van der Waals surface area contributed by atoms with Crippen molar-refractivity contribution in [3.05, 3.63) is 0 Å². The van der Waals surface area contributed by atoms with E-state index in [1.165, 1.54) is 25.7 Å². The summed E-state index contributed by atoms with van der Waals surface area (Å²) in [5.41, 5.74) is -0.874. The number of rotatable bonds is 8. The van der Waals surface area contributed by atoms with Gasteiger partial charge in [-0.1, -0.05) is 33.6 Å². The Bertz CT molecular complexity index is 582. The van der Waals surface area contributed by atoms with Crippen LogP contribution in [-0.4, -0.2) is 23.2 Å². The minimum atomic E-state index is -1.05. The van der Waals surface area contributed by atoms with Crippen LogP contribution in [0.4, 0.5) is 4.39 Å². The second kappa shape index (κ2) is 8.60. The van der Waals surface area contributed by atoms with Crippen LogP contribution in [-0.2, 0) is 4.79 Å². The molecule has 0 aromatic carbocycles. The van der Waals surface area contributed by atoms with Gasteiger partial charge in [0.1, 0.15) is 11.5 Å². The molecule has 29 heavy (non-hydrogen) atoms. The minimum absolute atomic E-state index is 0.191. The lowest BCUT2D eigenvalue weighted by Crippen LogP contribution is -2.52. The number of carbonyl (C=O) groups is 1. The van der Waals surface area contributed by atoms with Crippen LogP contribution in [0.3, 0.4) is 0 Å². The summed E-state index contributed by atoms with van der Waals surface area (Å²) in [5, 5.41) is 9.37. The molecule has 3 heteroatoms. The summed E-state index contributed by atoms with van der Waals surface area (Å²) in [6, 6.07) is 0. The van der Waals surface area contributed by atoms with Gasteiger partial charge < -0.3 is 5.11 Å². The molecule has 3 aliphatic carbocycles. The Kier molecular flexibility index (Phi) is 6.88. The lowest BCUT2D eigenvalue weighted by Gasteiger charge is -2.56. The van der Waals surface area contributed by atoms with Crippen molar-refractivity contribution in [2.45, 2.75) is 111 Å². The number of ketones is 1. The van der Waals surface area contributed by atoms with E-state index in [0.717, 1.165) is 50.4 Å². The van der Waals surface area contributed by atoms with Crippen molar-refractivity contribution in [2.24, 2.45) is 40.4 Å². The highest BCUT2D eigenvalue weighted by atomic mass is 19.1. The summed E-state index contributed by atoms with van der Waals surface area (Å²) in [6.07, 6.45) is 11.2. The van der Waals surface area contributed by atoms with Crippen LogP contribution in [0.15, 0.2) is 0 Å². The van der Waals surface area contributed by atoms with E-state index in [1.807, 2.05) is 0 Å². The zero-order chi connectivity index (χ0) is 21.4. The predicted molar refractivity (Wildman–Crippen MR) is 117 cm³/mol. The number of aliphatic hydroxyl groups is 1. The fraction of sp³-hybridized carbons (Fsp3) is 0.962. The Morgan fingerprint density at radius 1 is 1.14 bits per heavy atom. The van der Waals surface area contributed by atoms with E-state index in [9.17, 15) is 14.3 Å². The van der Waals surface area contributed by atoms with Gasteiger partial charge in [-0.3, -0.25) is 4.79 Å². The number of fused-ring (bicyclic) bond motifs is 3. The molecule has 3 saturated carbocycles. The van der Waals surface area contributed by atoms with Gasteiger partial charge in [0.2, 0.25) is 0 Å². The van der Waals surface area contributed by atoms with Crippen molar-refractivity contribution in [1.82, 2.24) is 0 Å². The van der Waals surface area contributed by atoms with E-state index >= 15 is 0 Å². The molecule has 0 saturated heterocycles. The van der Waals surface area contributed by atoms with Crippen LogP contribution in [0.2, 0.25) is 0 Å². The molecule has 7 atom stereocenters. The van der Waals surface area contributed by atoms with Crippen LogP contribution in [0.1, 0.15) is 105 Å². The smallest absolute Gasteiger partial charge is 0.139 e. The Balaban J connectivity index is 1.70. The van der Waals surface area contributed by atoms with Gasteiger partial charge in [-0.25, -0.2) is 4.39 Å². The fourth-order valence-corrected chi connectivity index (χ4v) is 8.06. The maximum Gasteiger partial charge on any atom is 0.139 e. The number of Topliss-reactive ketones (excluding diaryl/α,β-unsaturated/α-hetero) is 1. The molecule has 0 amide bonds. The Labute approximate surface area is 178 Å². The van der Waals surface area contributed by atoms with Gasteiger partial charge in [-0.15, -0.1) is 0 Å². The second-order valence-corrected chi connectivity index (χ2v) is 11.9. The third-order valence-electron chi connectivity index (χ3n) is 9.64. The van der Waals surface area contributed by atoms with Crippen LogP contribution in [0.5, 0.6) is 0 Å². The lowest BCUT2D eigenvalue weighted by atomic mass is 9.48. The quantitative estimate of drug-likeness (QED) is 0.483. The van der Waals surface area contributed by atoms with Crippen molar-refractivity contribution in [1.29, 1.82) is 0 Å². The SMILES string of the molecule is C[C@H](CCCC(C)(C)F)[C@H]1CC[C@H]2[C@@H]3CCC(=O)[C@](C)(CCCO)[C@H]3CC[C@]12C. The molecule has 0 aliphatic heterocycles. The molecule has 0 radical (unpaired) electrons. The van der Waals surface area contributed by atoms with E-state index in [4.69, 9.17) is 0 Å². The zero-order valence-corrected chi connectivity index (χ0v) is 19.6. The van der Waals surface area contributed by atoms with Gasteiger partial charge in [0, 0.05) is 18.4 Å². The molecule has 0 heterocycles. The predicted octanol–water partition coefficient (Wildman–Crippen LogP) is 6.74. The number of alkyl halides is 1. The monoisotopic (exact) mass is 408 g/mol. The average Bonchev–Trinajstić information content (AvgIpc) is 2.99. The highest BCUT2D eigenvalue weighted by Gasteiger charge is 2.59. The molecule has 3 fully saturated rings. The molecule has 0 bridgehead atoms. The Morgan fingerprint density at radius 2 is 1.86 bits per heavy atom. The third-order valence-corrected chi connectivity index (χ3v) is 9.64. The van der Waals surface area contributed by atoms with Crippen molar-refractivity contribution in [3.8, 4) is 0 Å². The molecule has 3 rings (SSSR count). The van der Waals surface area contributed by atoms with Gasteiger partial charge in [0.15, 0.2) is 0 Å². The van der Waals surface area contributed by atoms with Gasteiger partial charge in [0.05, 0.1) is 0 Å². The van der Waals surface area contributed by atoms with Gasteiger partial charge in [-0.05, 0) is 100 Å². The van der Waals surface area contributed by atoms with Crippen molar-refractivity contribution in [2.75, 3.05) is 6.61 Å². The second-order valence-electron chi connectivity index (χ2n) is 11.9. The molecule has 0 unspecified atom stereocenters. The topological polar surface area (TPSA) is 37.3 Å². The summed E-state index contributed by atoms with van der Waals surface area (Å²) < 4.78 is 13.9. The van der Waals surface area contributed by atoms with Crippen LogP contribution in [0.25, 0.3) is 0 Å². The number of hydrogen-bond acceptors (Lipinski definition) is 2. The lowest BCUT2D eigenvalue weighted by molar-refractivity contribution is -0.146. The van der Waals surface area contributed by atoms with Crippen molar-refractivity contribution >= 4 is 5.78 Å². The maximum atomic E-state index is 13.9. The standard InChI is InChI=1S/C26H45FO2/c1-18(8-6-14-24(2,3)27)20-10-11-21-19-9-12-23(29)26(5,15-7-17-28)22(19)13-16-25(20,21)4/h18-22,28H,6-17H2,1-5H3/t18-,19+,20-,21+,22+,25-,26-/m1/s1. The average molecular weight is 409 g/mol. The highest BCUT2D eigenvalue weighted by molar-refractivity contribution is 5.85. The molecule has 1 N–H and O–H groups in total. The number of carbonyl (C=O) groups excluding carboxylic acids is 1. The molecule has 0 spiro atoms. The molecular weight excluding hydrogens is 363 g/mol. The molecule has 2 nitrogen and oxygen atoms in total. The molecule has 3 aliphatic rings. The first-order valence-electron chi connectivity index (χ1n) is 12.4.